The van der Waals surface area contributed by atoms with Crippen LogP contribution >= 0.6 is 15.9 Å². The maximum atomic E-state index is 12.2. The molecule has 0 atom stereocenters. The number of rotatable bonds is 5. The standard InChI is InChI=1S/C20H24BrN3O/c1-2-16-3-9-19(10-4-16)24-13-11-23(12-14-24)15-20(25)22-18-7-5-17(21)6-8-18/h3-10H,2,11-15H2,1H3,(H,22,25)/p+1. The Labute approximate surface area is 158 Å². The Hall–Kier alpha value is -1.85. The Kier molecular flexibility index (Phi) is 6.10. The van der Waals surface area contributed by atoms with Crippen LogP contribution in [-0.2, 0) is 11.2 Å². The Bertz CT molecular complexity index is 692. The van der Waals surface area contributed by atoms with Crippen molar-refractivity contribution in [3.8, 4) is 0 Å². The summed E-state index contributed by atoms with van der Waals surface area (Å²) in [5.41, 5.74) is 3.51. The van der Waals surface area contributed by atoms with Crippen LogP contribution in [-0.4, -0.2) is 38.6 Å². The fourth-order valence-corrected chi connectivity index (χ4v) is 3.43. The third kappa shape index (κ3) is 5.06. The van der Waals surface area contributed by atoms with Gasteiger partial charge in [-0.25, -0.2) is 0 Å². The molecule has 2 aromatic carbocycles. The third-order valence-electron chi connectivity index (χ3n) is 4.72. The molecule has 1 amide bonds. The number of anilines is 2. The van der Waals surface area contributed by atoms with E-state index in [1.54, 1.807) is 0 Å². The van der Waals surface area contributed by atoms with Crippen molar-refractivity contribution >= 4 is 33.2 Å². The van der Waals surface area contributed by atoms with Crippen molar-refractivity contribution in [3.05, 3.63) is 58.6 Å². The molecule has 2 aromatic rings. The van der Waals surface area contributed by atoms with Crippen LogP contribution in [0, 0.1) is 0 Å². The number of amides is 1. The summed E-state index contributed by atoms with van der Waals surface area (Å²) in [5.74, 6) is 0.0815. The quantitative estimate of drug-likeness (QED) is 0.805. The molecule has 2 N–H and O–H groups in total. The first-order valence-corrected chi connectivity index (χ1v) is 9.66. The largest absolute Gasteiger partial charge is 0.360 e. The molecule has 1 aliphatic heterocycles. The minimum Gasteiger partial charge on any atom is -0.360 e. The topological polar surface area (TPSA) is 36.8 Å². The minimum atomic E-state index is 0.0815. The lowest BCUT2D eigenvalue weighted by atomic mass is 10.1. The van der Waals surface area contributed by atoms with Crippen molar-refractivity contribution in [2.24, 2.45) is 0 Å². The molecule has 0 bridgehead atoms. The number of piperazine rings is 1. The van der Waals surface area contributed by atoms with Gasteiger partial charge in [0.05, 0.1) is 26.2 Å². The van der Waals surface area contributed by atoms with Gasteiger partial charge in [0.15, 0.2) is 6.54 Å². The van der Waals surface area contributed by atoms with Crippen LogP contribution < -0.4 is 15.1 Å². The highest BCUT2D eigenvalue weighted by atomic mass is 79.9. The van der Waals surface area contributed by atoms with Crippen molar-refractivity contribution in [1.82, 2.24) is 0 Å². The molecule has 1 saturated heterocycles. The molecule has 0 saturated carbocycles. The van der Waals surface area contributed by atoms with Crippen molar-refractivity contribution < 1.29 is 9.69 Å². The minimum absolute atomic E-state index is 0.0815. The van der Waals surface area contributed by atoms with Crippen LogP contribution in [0.1, 0.15) is 12.5 Å². The first-order chi connectivity index (χ1) is 12.1. The average Bonchev–Trinajstić information content (AvgIpc) is 2.64. The summed E-state index contributed by atoms with van der Waals surface area (Å²) in [4.78, 5) is 16.0. The number of benzene rings is 2. The second-order valence-corrected chi connectivity index (χ2v) is 7.40. The summed E-state index contributed by atoms with van der Waals surface area (Å²) >= 11 is 3.40. The predicted octanol–water partition coefficient (Wildman–Crippen LogP) is 2.36. The van der Waals surface area contributed by atoms with Gasteiger partial charge in [-0.1, -0.05) is 35.0 Å². The number of carbonyl (C=O) groups is 1. The number of nitrogens with zero attached hydrogens (tertiary/aromatic N) is 1. The van der Waals surface area contributed by atoms with Crippen LogP contribution in [0.4, 0.5) is 11.4 Å². The van der Waals surface area contributed by atoms with E-state index in [1.807, 2.05) is 24.3 Å². The van der Waals surface area contributed by atoms with Crippen molar-refractivity contribution in [3.63, 3.8) is 0 Å². The summed E-state index contributed by atoms with van der Waals surface area (Å²) in [6.07, 6.45) is 1.08. The van der Waals surface area contributed by atoms with Gasteiger partial charge in [0.1, 0.15) is 0 Å². The van der Waals surface area contributed by atoms with Crippen molar-refractivity contribution in [2.45, 2.75) is 13.3 Å². The van der Waals surface area contributed by atoms with E-state index in [9.17, 15) is 4.79 Å². The van der Waals surface area contributed by atoms with Gasteiger partial charge in [0.25, 0.3) is 5.91 Å². The van der Waals surface area contributed by atoms with Crippen LogP contribution in [0.15, 0.2) is 53.0 Å². The fraction of sp³-hybridized carbons (Fsp3) is 0.350. The summed E-state index contributed by atoms with van der Waals surface area (Å²) in [5, 5.41) is 2.98. The number of hydrogen-bond acceptors (Lipinski definition) is 2. The highest BCUT2D eigenvalue weighted by molar-refractivity contribution is 9.10. The Morgan fingerprint density at radius 1 is 1.08 bits per heavy atom. The van der Waals surface area contributed by atoms with Crippen LogP contribution in [0.2, 0.25) is 0 Å². The molecule has 1 aliphatic rings. The molecule has 3 rings (SSSR count). The second-order valence-electron chi connectivity index (χ2n) is 6.49. The monoisotopic (exact) mass is 402 g/mol. The smallest absolute Gasteiger partial charge is 0.279 e. The normalized spacial score (nSPS) is 15.2. The zero-order chi connectivity index (χ0) is 17.6. The Morgan fingerprint density at radius 3 is 2.32 bits per heavy atom. The van der Waals surface area contributed by atoms with Crippen LogP contribution in [0.5, 0.6) is 0 Å². The van der Waals surface area contributed by atoms with Gasteiger partial charge in [0.2, 0.25) is 0 Å². The third-order valence-corrected chi connectivity index (χ3v) is 5.25. The summed E-state index contributed by atoms with van der Waals surface area (Å²) in [6.45, 7) is 6.67. The zero-order valence-corrected chi connectivity index (χ0v) is 16.2. The van der Waals surface area contributed by atoms with E-state index in [0.717, 1.165) is 42.8 Å². The van der Waals surface area contributed by atoms with Gasteiger partial charge < -0.3 is 15.1 Å². The van der Waals surface area contributed by atoms with Gasteiger partial charge in [-0.3, -0.25) is 4.79 Å². The van der Waals surface area contributed by atoms with E-state index in [-0.39, 0.29) is 5.91 Å². The van der Waals surface area contributed by atoms with Gasteiger partial charge in [-0.2, -0.15) is 0 Å². The highest BCUT2D eigenvalue weighted by Crippen LogP contribution is 2.16. The Balaban J connectivity index is 1.46. The number of aryl methyl sites for hydroxylation is 1. The van der Waals surface area contributed by atoms with E-state index in [1.165, 1.54) is 16.2 Å². The maximum absolute atomic E-state index is 12.2. The van der Waals surface area contributed by atoms with Crippen molar-refractivity contribution in [1.29, 1.82) is 0 Å². The number of halogens is 1. The van der Waals surface area contributed by atoms with E-state index in [2.05, 4.69) is 57.3 Å². The molecule has 5 heteroatoms. The van der Waals surface area contributed by atoms with E-state index < -0.39 is 0 Å². The predicted molar refractivity (Wildman–Crippen MR) is 106 cm³/mol. The lowest BCUT2D eigenvalue weighted by Gasteiger charge is -2.33. The van der Waals surface area contributed by atoms with Crippen molar-refractivity contribution in [2.75, 3.05) is 42.9 Å². The van der Waals surface area contributed by atoms with Gasteiger partial charge in [-0.15, -0.1) is 0 Å². The summed E-state index contributed by atoms with van der Waals surface area (Å²) in [7, 11) is 0. The molecule has 0 radical (unpaired) electrons. The number of carbonyl (C=O) groups excluding carboxylic acids is 1. The molecule has 0 unspecified atom stereocenters. The first-order valence-electron chi connectivity index (χ1n) is 8.87. The zero-order valence-electron chi connectivity index (χ0n) is 14.6. The first kappa shape index (κ1) is 18.0. The summed E-state index contributed by atoms with van der Waals surface area (Å²) < 4.78 is 1.01. The van der Waals surface area contributed by atoms with Gasteiger partial charge in [-0.05, 0) is 48.4 Å². The van der Waals surface area contributed by atoms with Crippen LogP contribution in [0.25, 0.3) is 0 Å². The molecule has 0 aliphatic carbocycles. The van der Waals surface area contributed by atoms with Gasteiger partial charge in [0, 0.05) is 15.8 Å². The SMILES string of the molecule is CCc1ccc(N2CC[NH+](CC(=O)Nc3ccc(Br)cc3)CC2)cc1. The van der Waals surface area contributed by atoms with E-state index >= 15 is 0 Å². The molecule has 0 spiro atoms. The van der Waals surface area contributed by atoms with E-state index in [4.69, 9.17) is 0 Å². The molecule has 4 nitrogen and oxygen atoms in total. The summed E-state index contributed by atoms with van der Waals surface area (Å²) in [6, 6.07) is 16.5. The van der Waals surface area contributed by atoms with E-state index in [0.29, 0.717) is 6.54 Å². The molecular weight excluding hydrogens is 378 g/mol. The molecule has 1 fully saturated rings. The maximum Gasteiger partial charge on any atom is 0.279 e. The lowest BCUT2D eigenvalue weighted by Crippen LogP contribution is -3.15. The molecule has 132 valence electrons. The number of nitrogens with one attached hydrogen (secondary N) is 2. The molecule has 25 heavy (non-hydrogen) atoms. The average molecular weight is 403 g/mol. The lowest BCUT2D eigenvalue weighted by molar-refractivity contribution is -0.892. The number of hydrogen-bond donors (Lipinski definition) is 2. The molecule has 0 aromatic heterocycles. The fourth-order valence-electron chi connectivity index (χ4n) is 3.17. The molecular formula is C20H25BrN3O+. The Morgan fingerprint density at radius 2 is 1.72 bits per heavy atom. The second kappa shape index (κ2) is 8.50. The highest BCUT2D eigenvalue weighted by Gasteiger charge is 2.22. The van der Waals surface area contributed by atoms with Gasteiger partial charge >= 0.3 is 0 Å². The van der Waals surface area contributed by atoms with Crippen LogP contribution in [0.3, 0.4) is 0 Å². The number of quaternary nitrogens is 1. The molecule has 1 heterocycles.